The molecular formula is C29H28Cl3N5OS. The Kier molecular flexibility index (Phi) is 9.35. The van der Waals surface area contributed by atoms with E-state index in [1.165, 1.54) is 0 Å². The Bertz CT molecular complexity index is 1420. The molecule has 0 N–H and O–H groups in total. The van der Waals surface area contributed by atoms with Crippen LogP contribution in [0.15, 0.2) is 78.0 Å². The molecule has 1 fully saturated rings. The maximum absolute atomic E-state index is 12.8. The SMILES string of the molecule is O=C(CCCCSc1nnc(-c2ccccc2)n1-c1ccc(Cl)c(Cl)c1)N1CCN(c2ccccc2Cl)CC1. The monoisotopic (exact) mass is 599 g/mol. The molecular weight excluding hydrogens is 573 g/mol. The fraction of sp³-hybridized carbons (Fsp3) is 0.276. The molecule has 0 radical (unpaired) electrons. The zero-order valence-electron chi connectivity index (χ0n) is 21.3. The number of unbranched alkanes of at least 4 members (excludes halogenated alkanes) is 1. The number of thioether (sulfide) groups is 1. The van der Waals surface area contributed by atoms with E-state index in [4.69, 9.17) is 34.8 Å². The van der Waals surface area contributed by atoms with Gasteiger partial charge in [-0.05, 0) is 43.2 Å². The van der Waals surface area contributed by atoms with Crippen LogP contribution in [0.2, 0.25) is 15.1 Å². The van der Waals surface area contributed by atoms with E-state index in [9.17, 15) is 4.79 Å². The first-order chi connectivity index (χ1) is 19.0. The van der Waals surface area contributed by atoms with Gasteiger partial charge >= 0.3 is 0 Å². The number of nitrogens with zero attached hydrogens (tertiary/aromatic N) is 5. The van der Waals surface area contributed by atoms with Gasteiger partial charge in [-0.2, -0.15) is 0 Å². The minimum atomic E-state index is 0.212. The average Bonchev–Trinajstić information content (AvgIpc) is 3.39. The van der Waals surface area contributed by atoms with E-state index in [0.717, 1.165) is 64.6 Å². The highest BCUT2D eigenvalue weighted by molar-refractivity contribution is 7.99. The Morgan fingerprint density at radius 1 is 0.795 bits per heavy atom. The topological polar surface area (TPSA) is 54.3 Å². The Hall–Kier alpha value is -2.71. The summed E-state index contributed by atoms with van der Waals surface area (Å²) in [5, 5.41) is 11.5. The lowest BCUT2D eigenvalue weighted by atomic mass is 10.2. The Balaban J connectivity index is 1.15. The number of halogens is 3. The molecule has 1 aromatic heterocycles. The fourth-order valence-electron chi connectivity index (χ4n) is 4.60. The van der Waals surface area contributed by atoms with Gasteiger partial charge in [0.2, 0.25) is 5.91 Å². The van der Waals surface area contributed by atoms with Crippen molar-refractivity contribution in [1.82, 2.24) is 19.7 Å². The number of piperazine rings is 1. The molecule has 1 aliphatic heterocycles. The predicted molar refractivity (Wildman–Crippen MR) is 162 cm³/mol. The Morgan fingerprint density at radius 3 is 2.28 bits per heavy atom. The number of anilines is 1. The van der Waals surface area contributed by atoms with Crippen molar-refractivity contribution < 1.29 is 4.79 Å². The van der Waals surface area contributed by atoms with Gasteiger partial charge < -0.3 is 9.80 Å². The van der Waals surface area contributed by atoms with E-state index in [1.54, 1.807) is 17.8 Å². The van der Waals surface area contributed by atoms with Crippen LogP contribution in [0.25, 0.3) is 17.1 Å². The lowest BCUT2D eigenvalue weighted by Gasteiger charge is -2.36. The molecule has 0 atom stereocenters. The summed E-state index contributed by atoms with van der Waals surface area (Å²) >= 11 is 20.5. The van der Waals surface area contributed by atoms with E-state index in [2.05, 4.69) is 15.1 Å². The van der Waals surface area contributed by atoms with Crippen molar-refractivity contribution in [3.8, 4) is 17.1 Å². The van der Waals surface area contributed by atoms with Crippen LogP contribution in [0.4, 0.5) is 5.69 Å². The highest BCUT2D eigenvalue weighted by Gasteiger charge is 2.22. The number of benzene rings is 3. The molecule has 39 heavy (non-hydrogen) atoms. The van der Waals surface area contributed by atoms with E-state index in [1.807, 2.05) is 76.2 Å². The third-order valence-corrected chi connectivity index (χ3v) is 8.74. The molecule has 1 amide bonds. The first kappa shape index (κ1) is 27.8. The molecule has 1 aliphatic rings. The number of para-hydroxylation sites is 1. The molecule has 202 valence electrons. The minimum absolute atomic E-state index is 0.212. The normalized spacial score (nSPS) is 13.6. The molecule has 3 aromatic carbocycles. The molecule has 2 heterocycles. The van der Waals surface area contributed by atoms with Crippen molar-refractivity contribution in [3.63, 3.8) is 0 Å². The molecule has 5 rings (SSSR count). The van der Waals surface area contributed by atoms with Crippen molar-refractivity contribution in [3.05, 3.63) is 87.9 Å². The van der Waals surface area contributed by atoms with Crippen molar-refractivity contribution in [2.75, 3.05) is 36.8 Å². The van der Waals surface area contributed by atoms with Gasteiger partial charge in [-0.3, -0.25) is 9.36 Å². The van der Waals surface area contributed by atoms with Gasteiger partial charge in [-0.15, -0.1) is 10.2 Å². The molecule has 0 aliphatic carbocycles. The summed E-state index contributed by atoms with van der Waals surface area (Å²) < 4.78 is 2.01. The van der Waals surface area contributed by atoms with Crippen LogP contribution < -0.4 is 4.90 Å². The second kappa shape index (κ2) is 13.1. The number of rotatable bonds is 9. The summed E-state index contributed by atoms with van der Waals surface area (Å²) in [5.74, 6) is 1.77. The second-order valence-electron chi connectivity index (χ2n) is 9.23. The molecule has 6 nitrogen and oxygen atoms in total. The highest BCUT2D eigenvalue weighted by Crippen LogP contribution is 2.32. The lowest BCUT2D eigenvalue weighted by molar-refractivity contribution is -0.131. The summed E-state index contributed by atoms with van der Waals surface area (Å²) in [4.78, 5) is 17.0. The predicted octanol–water partition coefficient (Wildman–Crippen LogP) is 7.51. The van der Waals surface area contributed by atoms with Gasteiger partial charge in [-0.1, -0.05) is 89.0 Å². The van der Waals surface area contributed by atoms with Crippen LogP contribution >= 0.6 is 46.6 Å². The maximum Gasteiger partial charge on any atom is 0.222 e. The summed E-state index contributed by atoms with van der Waals surface area (Å²) in [6, 6.07) is 23.3. The van der Waals surface area contributed by atoms with Crippen molar-refractivity contribution in [2.45, 2.75) is 24.4 Å². The van der Waals surface area contributed by atoms with Crippen LogP contribution in [0.5, 0.6) is 0 Å². The smallest absolute Gasteiger partial charge is 0.222 e. The van der Waals surface area contributed by atoms with Crippen molar-refractivity contribution >= 4 is 58.2 Å². The standard InChI is InChI=1S/C29H28Cl3N5OS/c30-23-14-13-22(20-25(23)32)37-28(21-8-2-1-3-9-21)33-34-29(37)39-19-7-6-12-27(38)36-17-15-35(16-18-36)26-11-5-4-10-24(26)31/h1-5,8-11,13-14,20H,6-7,12,15-19H2. The number of amides is 1. The molecule has 4 aromatic rings. The van der Waals surface area contributed by atoms with E-state index in [0.29, 0.717) is 29.6 Å². The van der Waals surface area contributed by atoms with Crippen LogP contribution in [-0.4, -0.2) is 57.5 Å². The number of hydrogen-bond acceptors (Lipinski definition) is 5. The second-order valence-corrected chi connectivity index (χ2v) is 11.5. The zero-order chi connectivity index (χ0) is 27.2. The van der Waals surface area contributed by atoms with E-state index >= 15 is 0 Å². The zero-order valence-corrected chi connectivity index (χ0v) is 24.4. The summed E-state index contributed by atoms with van der Waals surface area (Å²) in [6.07, 6.45) is 2.26. The average molecular weight is 601 g/mol. The lowest BCUT2D eigenvalue weighted by Crippen LogP contribution is -2.48. The largest absolute Gasteiger partial charge is 0.367 e. The van der Waals surface area contributed by atoms with Gasteiger partial charge in [0.15, 0.2) is 11.0 Å². The van der Waals surface area contributed by atoms with Gasteiger partial charge in [-0.25, -0.2) is 0 Å². The molecule has 0 saturated carbocycles. The quantitative estimate of drug-likeness (QED) is 0.147. The van der Waals surface area contributed by atoms with Crippen LogP contribution in [0.3, 0.4) is 0 Å². The number of carbonyl (C=O) groups is 1. The first-order valence-electron chi connectivity index (χ1n) is 12.9. The number of aromatic nitrogens is 3. The van der Waals surface area contributed by atoms with Crippen molar-refractivity contribution in [2.24, 2.45) is 0 Å². The fourth-order valence-corrected chi connectivity index (χ4v) is 6.10. The Labute approximate surface area is 247 Å². The number of carbonyl (C=O) groups excluding carboxylic acids is 1. The molecule has 10 heteroatoms. The van der Waals surface area contributed by atoms with Gasteiger partial charge in [0.1, 0.15) is 0 Å². The molecule has 0 unspecified atom stereocenters. The third-order valence-electron chi connectivity index (χ3n) is 6.67. The third kappa shape index (κ3) is 6.72. The minimum Gasteiger partial charge on any atom is -0.367 e. The van der Waals surface area contributed by atoms with E-state index < -0.39 is 0 Å². The summed E-state index contributed by atoms with van der Waals surface area (Å²) in [5.41, 5.74) is 2.84. The molecule has 0 bridgehead atoms. The van der Waals surface area contributed by atoms with Gasteiger partial charge in [0.05, 0.1) is 26.4 Å². The number of hydrogen-bond donors (Lipinski definition) is 0. The molecule has 0 spiro atoms. The molecule has 1 saturated heterocycles. The van der Waals surface area contributed by atoms with Crippen LogP contribution in [0, 0.1) is 0 Å². The summed E-state index contributed by atoms with van der Waals surface area (Å²) in [7, 11) is 0. The van der Waals surface area contributed by atoms with Crippen LogP contribution in [-0.2, 0) is 4.79 Å². The van der Waals surface area contributed by atoms with Gasteiger partial charge in [0, 0.05) is 43.9 Å². The maximum atomic E-state index is 12.8. The van der Waals surface area contributed by atoms with Crippen molar-refractivity contribution in [1.29, 1.82) is 0 Å². The van der Waals surface area contributed by atoms with Gasteiger partial charge in [0.25, 0.3) is 0 Å². The first-order valence-corrected chi connectivity index (χ1v) is 15.0. The van der Waals surface area contributed by atoms with Crippen LogP contribution in [0.1, 0.15) is 19.3 Å². The summed E-state index contributed by atoms with van der Waals surface area (Å²) in [6.45, 7) is 3.01. The highest BCUT2D eigenvalue weighted by atomic mass is 35.5. The van der Waals surface area contributed by atoms with E-state index in [-0.39, 0.29) is 5.91 Å². The Morgan fingerprint density at radius 2 is 1.54 bits per heavy atom.